The van der Waals surface area contributed by atoms with Crippen LogP contribution in [0.2, 0.25) is 0 Å². The third kappa shape index (κ3) is 4.63. The van der Waals surface area contributed by atoms with E-state index in [0.29, 0.717) is 10.8 Å². The van der Waals surface area contributed by atoms with Gasteiger partial charge in [-0.05, 0) is 55.6 Å². The first-order chi connectivity index (χ1) is 12.1. The van der Waals surface area contributed by atoms with Gasteiger partial charge in [0.05, 0.1) is 0 Å². The normalized spacial score (nSPS) is 25.9. The number of carbonyl (C=O) groups is 2. The lowest BCUT2D eigenvalue weighted by Crippen LogP contribution is -2.42. The Bertz CT molecular complexity index is 624. The van der Waals surface area contributed by atoms with Crippen LogP contribution in [0.4, 0.5) is 0 Å². The summed E-state index contributed by atoms with van der Waals surface area (Å²) in [7, 11) is 0. The molecular weight excluding hydrogens is 334 g/mol. The minimum absolute atomic E-state index is 0.178. The van der Waals surface area contributed by atoms with Crippen LogP contribution in [-0.2, 0) is 22.4 Å². The van der Waals surface area contributed by atoms with Gasteiger partial charge in [-0.2, -0.15) is 0 Å². The first-order valence-corrected chi connectivity index (χ1v) is 10.5. The van der Waals surface area contributed by atoms with Gasteiger partial charge in [-0.25, -0.2) is 4.79 Å². The summed E-state index contributed by atoms with van der Waals surface area (Å²) in [5, 5.41) is 3.03. The molecule has 0 aromatic carbocycles. The lowest BCUT2D eigenvalue weighted by atomic mass is 9.86. The minimum atomic E-state index is -0.362. The van der Waals surface area contributed by atoms with Crippen molar-refractivity contribution < 1.29 is 14.3 Å². The number of aryl methyl sites for hydroxylation is 1. The fraction of sp³-hybridized carbons (Fsp3) is 0.700. The maximum Gasteiger partial charge on any atom is 0.348 e. The lowest BCUT2D eigenvalue weighted by molar-refractivity contribution is -0.125. The molecule has 2 aliphatic carbocycles. The lowest BCUT2D eigenvalue weighted by Gasteiger charge is -2.29. The van der Waals surface area contributed by atoms with Crippen LogP contribution in [0.3, 0.4) is 0 Å². The largest absolute Gasteiger partial charge is 0.451 e. The van der Waals surface area contributed by atoms with Crippen LogP contribution in [0, 0.1) is 11.8 Å². The second-order valence-corrected chi connectivity index (χ2v) is 8.72. The third-order valence-corrected chi connectivity index (χ3v) is 6.97. The maximum absolute atomic E-state index is 12.3. The zero-order valence-corrected chi connectivity index (χ0v) is 16.1. The molecule has 1 saturated carbocycles. The number of amides is 1. The van der Waals surface area contributed by atoms with E-state index >= 15 is 0 Å². The molecular formula is C20H29NO3S. The third-order valence-electron chi connectivity index (χ3n) is 5.76. The summed E-state index contributed by atoms with van der Waals surface area (Å²) >= 11 is 1.54. The second-order valence-electron chi connectivity index (χ2n) is 7.59. The van der Waals surface area contributed by atoms with E-state index in [2.05, 4.69) is 19.2 Å². The van der Waals surface area contributed by atoms with E-state index in [4.69, 9.17) is 4.74 Å². The van der Waals surface area contributed by atoms with Crippen LogP contribution < -0.4 is 5.32 Å². The average molecular weight is 364 g/mol. The fourth-order valence-electron chi connectivity index (χ4n) is 4.03. The topological polar surface area (TPSA) is 55.4 Å². The molecule has 3 rings (SSSR count). The van der Waals surface area contributed by atoms with Crippen molar-refractivity contribution in [1.29, 1.82) is 0 Å². The Hall–Kier alpha value is -1.36. The molecule has 4 nitrogen and oxygen atoms in total. The van der Waals surface area contributed by atoms with Crippen molar-refractivity contribution in [3.05, 3.63) is 21.4 Å². The molecule has 5 heteroatoms. The van der Waals surface area contributed by atoms with E-state index in [1.807, 2.05) is 6.07 Å². The Labute approximate surface area is 154 Å². The van der Waals surface area contributed by atoms with Gasteiger partial charge >= 0.3 is 5.97 Å². The number of carbonyl (C=O) groups excluding carboxylic acids is 2. The summed E-state index contributed by atoms with van der Waals surface area (Å²) in [6, 6.07) is 2.20. The Balaban J connectivity index is 1.49. The summed E-state index contributed by atoms with van der Waals surface area (Å²) in [5.41, 5.74) is 1.30. The smallest absolute Gasteiger partial charge is 0.348 e. The summed E-state index contributed by atoms with van der Waals surface area (Å²) in [6.45, 7) is 4.22. The van der Waals surface area contributed by atoms with Gasteiger partial charge in [-0.1, -0.05) is 33.1 Å². The van der Waals surface area contributed by atoms with Crippen molar-refractivity contribution >= 4 is 23.2 Å². The van der Waals surface area contributed by atoms with Gasteiger partial charge in [-0.15, -0.1) is 11.3 Å². The highest BCUT2D eigenvalue weighted by Gasteiger charge is 2.25. The highest BCUT2D eigenvalue weighted by Crippen LogP contribution is 2.33. The monoisotopic (exact) mass is 363 g/mol. The highest BCUT2D eigenvalue weighted by atomic mass is 32.1. The minimum Gasteiger partial charge on any atom is -0.451 e. The van der Waals surface area contributed by atoms with Crippen LogP contribution in [0.1, 0.15) is 72.5 Å². The highest BCUT2D eigenvalue weighted by molar-refractivity contribution is 7.14. The molecule has 1 aromatic heterocycles. The molecule has 25 heavy (non-hydrogen) atoms. The summed E-state index contributed by atoms with van der Waals surface area (Å²) in [5.74, 6) is 0.692. The molecule has 0 radical (unpaired) electrons. The molecule has 1 aromatic rings. The molecule has 1 N–H and O–H groups in total. The number of nitrogens with one attached hydrogen (secondary N) is 1. The van der Waals surface area contributed by atoms with Crippen LogP contribution >= 0.6 is 11.3 Å². The van der Waals surface area contributed by atoms with Crippen molar-refractivity contribution in [3.63, 3.8) is 0 Å². The van der Waals surface area contributed by atoms with Crippen LogP contribution in [-0.4, -0.2) is 24.5 Å². The Kier molecular flexibility index (Phi) is 6.15. The molecule has 0 spiro atoms. The predicted molar refractivity (Wildman–Crippen MR) is 100.0 cm³/mol. The standard InChI is InChI=1S/C20H29NO3S/c1-3-14-8-9-17-15(10-14)11-18(25-17)20(23)24-12-19(22)21-16-7-5-4-6-13(16)2/h11,13-14,16H,3-10,12H2,1-2H3,(H,21,22)/t13-,14-,16-/m0/s1. The quantitative estimate of drug-likeness (QED) is 0.801. The summed E-state index contributed by atoms with van der Waals surface area (Å²) < 4.78 is 5.26. The summed E-state index contributed by atoms with van der Waals surface area (Å²) in [4.78, 5) is 26.3. The number of hydrogen-bond donors (Lipinski definition) is 1. The van der Waals surface area contributed by atoms with Crippen molar-refractivity contribution in [2.75, 3.05) is 6.61 Å². The molecule has 1 fully saturated rings. The molecule has 1 amide bonds. The first-order valence-electron chi connectivity index (χ1n) is 9.65. The molecule has 138 valence electrons. The molecule has 0 aliphatic heterocycles. The number of rotatable bonds is 5. The molecule has 3 atom stereocenters. The Morgan fingerprint density at radius 2 is 2.08 bits per heavy atom. The Morgan fingerprint density at radius 3 is 2.84 bits per heavy atom. The van der Waals surface area contributed by atoms with E-state index < -0.39 is 0 Å². The fourth-order valence-corrected chi connectivity index (χ4v) is 5.13. The van der Waals surface area contributed by atoms with Gasteiger partial charge < -0.3 is 10.1 Å². The van der Waals surface area contributed by atoms with Crippen LogP contribution in [0.15, 0.2) is 6.07 Å². The van der Waals surface area contributed by atoms with Crippen LogP contribution in [0.5, 0.6) is 0 Å². The van der Waals surface area contributed by atoms with Crippen molar-refractivity contribution in [2.45, 2.75) is 71.3 Å². The van der Waals surface area contributed by atoms with E-state index in [0.717, 1.165) is 38.0 Å². The molecule has 2 aliphatic rings. The number of esters is 1. The van der Waals surface area contributed by atoms with E-state index in [1.165, 1.54) is 41.0 Å². The molecule has 0 saturated heterocycles. The zero-order chi connectivity index (χ0) is 17.8. The summed E-state index contributed by atoms with van der Waals surface area (Å²) in [6.07, 6.45) is 9.11. The molecule has 0 unspecified atom stereocenters. The first kappa shape index (κ1) is 18.4. The van der Waals surface area contributed by atoms with Gasteiger partial charge in [0, 0.05) is 10.9 Å². The van der Waals surface area contributed by atoms with Gasteiger partial charge in [0.15, 0.2) is 6.61 Å². The average Bonchev–Trinajstić information content (AvgIpc) is 3.04. The van der Waals surface area contributed by atoms with Gasteiger partial charge in [0.2, 0.25) is 0 Å². The number of hydrogen-bond acceptors (Lipinski definition) is 4. The van der Waals surface area contributed by atoms with Crippen molar-refractivity contribution in [2.24, 2.45) is 11.8 Å². The van der Waals surface area contributed by atoms with Crippen molar-refractivity contribution in [1.82, 2.24) is 5.32 Å². The van der Waals surface area contributed by atoms with Crippen LogP contribution in [0.25, 0.3) is 0 Å². The predicted octanol–water partition coefficient (Wildman–Crippen LogP) is 4.11. The van der Waals surface area contributed by atoms with Gasteiger partial charge in [0.25, 0.3) is 5.91 Å². The van der Waals surface area contributed by atoms with Gasteiger partial charge in [0.1, 0.15) is 4.88 Å². The number of fused-ring (bicyclic) bond motifs is 1. The molecule has 0 bridgehead atoms. The number of ether oxygens (including phenoxy) is 1. The van der Waals surface area contributed by atoms with Gasteiger partial charge in [-0.3, -0.25) is 4.79 Å². The molecule has 1 heterocycles. The zero-order valence-electron chi connectivity index (χ0n) is 15.3. The van der Waals surface area contributed by atoms with Crippen molar-refractivity contribution in [3.8, 4) is 0 Å². The van der Waals surface area contributed by atoms with E-state index in [9.17, 15) is 9.59 Å². The number of thiophene rings is 1. The Morgan fingerprint density at radius 1 is 1.28 bits per heavy atom. The maximum atomic E-state index is 12.3. The SMILES string of the molecule is CC[C@H]1CCc2sc(C(=O)OCC(=O)N[C@H]3CCCC[C@@H]3C)cc2C1. The van der Waals surface area contributed by atoms with E-state index in [1.54, 1.807) is 0 Å². The second kappa shape index (κ2) is 8.35. The van der Waals surface area contributed by atoms with E-state index in [-0.39, 0.29) is 24.5 Å².